The fourth-order valence-electron chi connectivity index (χ4n) is 1.80. The van der Waals surface area contributed by atoms with Gasteiger partial charge in [-0.15, -0.1) is 0 Å². The van der Waals surface area contributed by atoms with E-state index in [4.69, 9.17) is 21.7 Å². The second-order valence-corrected chi connectivity index (χ2v) is 6.39. The van der Waals surface area contributed by atoms with Gasteiger partial charge in [0.1, 0.15) is 22.4 Å². The normalized spacial score (nSPS) is 16.2. The molecule has 0 radical (unpaired) electrons. The van der Waals surface area contributed by atoms with Gasteiger partial charge in [0.2, 0.25) is 5.91 Å². The molecule has 7 nitrogen and oxygen atoms in total. The minimum Gasteiger partial charge on any atom is -0.481 e. The Morgan fingerprint density at radius 3 is 2.83 bits per heavy atom. The molecule has 1 aliphatic rings. The van der Waals surface area contributed by atoms with E-state index < -0.39 is 11.9 Å². The first-order valence-corrected chi connectivity index (χ1v) is 7.89. The van der Waals surface area contributed by atoms with Crippen LogP contribution in [0, 0.1) is 6.92 Å². The van der Waals surface area contributed by atoms with E-state index in [1.54, 1.807) is 25.1 Å². The number of carboxylic acids is 1. The van der Waals surface area contributed by atoms with E-state index in [-0.39, 0.29) is 29.7 Å². The molecule has 23 heavy (non-hydrogen) atoms. The van der Waals surface area contributed by atoms with Crippen molar-refractivity contribution in [2.24, 2.45) is 0 Å². The van der Waals surface area contributed by atoms with Gasteiger partial charge in [0.05, 0.1) is 11.3 Å². The fourth-order valence-corrected chi connectivity index (χ4v) is 3.04. The number of nitrogens with one attached hydrogen (secondary N) is 1. The molecule has 2 N–H and O–H groups in total. The quantitative estimate of drug-likeness (QED) is 0.588. The van der Waals surface area contributed by atoms with Gasteiger partial charge in [0.25, 0.3) is 5.91 Å². The SMILES string of the molecule is Cc1ccc(/C=C2\SC(=S)N(CC(=O)NCCC(=O)O)C2=O)o1. The molecule has 1 saturated heterocycles. The van der Waals surface area contributed by atoms with Crippen molar-refractivity contribution in [3.8, 4) is 0 Å². The lowest BCUT2D eigenvalue weighted by Crippen LogP contribution is -2.40. The predicted octanol–water partition coefficient (Wildman–Crippen LogP) is 1.38. The summed E-state index contributed by atoms with van der Waals surface area (Å²) in [6.45, 7) is 1.56. The van der Waals surface area contributed by atoms with Crippen LogP contribution in [0.2, 0.25) is 0 Å². The van der Waals surface area contributed by atoms with Crippen LogP contribution < -0.4 is 5.32 Å². The summed E-state index contributed by atoms with van der Waals surface area (Å²) in [4.78, 5) is 36.0. The Kier molecular flexibility index (Phi) is 5.56. The molecule has 2 heterocycles. The van der Waals surface area contributed by atoms with Crippen molar-refractivity contribution < 1.29 is 23.9 Å². The highest BCUT2D eigenvalue weighted by atomic mass is 32.2. The van der Waals surface area contributed by atoms with Crippen molar-refractivity contribution in [1.82, 2.24) is 10.2 Å². The van der Waals surface area contributed by atoms with Crippen LogP contribution in [0.1, 0.15) is 17.9 Å². The summed E-state index contributed by atoms with van der Waals surface area (Å²) < 4.78 is 5.66. The minimum atomic E-state index is -1.01. The summed E-state index contributed by atoms with van der Waals surface area (Å²) in [5.41, 5.74) is 0. The number of carboxylic acid groups (broad SMARTS) is 1. The number of thioether (sulfide) groups is 1. The van der Waals surface area contributed by atoms with Crippen molar-refractivity contribution in [3.05, 3.63) is 28.6 Å². The second kappa shape index (κ2) is 7.42. The van der Waals surface area contributed by atoms with Crippen LogP contribution in [0.15, 0.2) is 21.5 Å². The number of hydrogen-bond donors (Lipinski definition) is 2. The summed E-state index contributed by atoms with van der Waals surface area (Å²) in [6, 6.07) is 3.52. The van der Waals surface area contributed by atoms with Crippen LogP contribution in [0.4, 0.5) is 0 Å². The lowest BCUT2D eigenvalue weighted by atomic mass is 10.3. The van der Waals surface area contributed by atoms with E-state index in [9.17, 15) is 14.4 Å². The fraction of sp³-hybridized carbons (Fsp3) is 0.286. The summed E-state index contributed by atoms with van der Waals surface area (Å²) >= 11 is 6.20. The van der Waals surface area contributed by atoms with Crippen LogP contribution in [-0.2, 0) is 14.4 Å². The molecule has 0 bridgehead atoms. The first-order chi connectivity index (χ1) is 10.9. The number of amides is 2. The van der Waals surface area contributed by atoms with E-state index >= 15 is 0 Å². The van der Waals surface area contributed by atoms with Crippen molar-refractivity contribution in [2.45, 2.75) is 13.3 Å². The number of aryl methyl sites for hydroxylation is 1. The molecule has 0 aliphatic carbocycles. The van der Waals surface area contributed by atoms with Gasteiger partial charge in [-0.25, -0.2) is 0 Å². The molecule has 0 spiro atoms. The van der Waals surface area contributed by atoms with Crippen molar-refractivity contribution >= 4 is 52.2 Å². The van der Waals surface area contributed by atoms with Crippen LogP contribution in [0.5, 0.6) is 0 Å². The Morgan fingerprint density at radius 1 is 1.48 bits per heavy atom. The summed E-state index contributed by atoms with van der Waals surface area (Å²) in [5.74, 6) is -0.578. The summed E-state index contributed by atoms with van der Waals surface area (Å²) in [6.07, 6.45) is 1.40. The van der Waals surface area contributed by atoms with E-state index in [1.165, 1.54) is 4.90 Å². The number of nitrogens with zero attached hydrogens (tertiary/aromatic N) is 1. The maximum atomic E-state index is 12.3. The van der Waals surface area contributed by atoms with E-state index in [1.807, 2.05) is 0 Å². The number of furan rings is 1. The van der Waals surface area contributed by atoms with Gasteiger partial charge < -0.3 is 14.8 Å². The number of aliphatic carboxylic acids is 1. The summed E-state index contributed by atoms with van der Waals surface area (Å²) in [7, 11) is 0. The molecule has 1 aromatic rings. The number of carbonyl (C=O) groups excluding carboxylic acids is 2. The molecular formula is C14H14N2O5S2. The Balaban J connectivity index is 1.97. The zero-order valence-corrected chi connectivity index (χ0v) is 13.8. The lowest BCUT2D eigenvalue weighted by molar-refractivity contribution is -0.137. The van der Waals surface area contributed by atoms with Crippen molar-refractivity contribution in [3.63, 3.8) is 0 Å². The van der Waals surface area contributed by atoms with Gasteiger partial charge in [0, 0.05) is 12.6 Å². The van der Waals surface area contributed by atoms with E-state index in [0.717, 1.165) is 17.5 Å². The zero-order valence-electron chi connectivity index (χ0n) is 12.2. The standard InChI is InChI=1S/C14H14N2O5S2/c1-8-2-3-9(21-8)6-10-13(20)16(14(22)23-10)7-11(17)15-5-4-12(18)19/h2-3,6H,4-5,7H2,1H3,(H,15,17)(H,18,19)/b10-6-. The van der Waals surface area contributed by atoms with Crippen LogP contribution in [0.3, 0.4) is 0 Å². The number of thiocarbonyl (C=S) groups is 1. The predicted molar refractivity (Wildman–Crippen MR) is 88.6 cm³/mol. The molecule has 0 saturated carbocycles. The minimum absolute atomic E-state index is 0.00444. The number of hydrogen-bond acceptors (Lipinski definition) is 6. The maximum absolute atomic E-state index is 12.3. The third kappa shape index (κ3) is 4.67. The largest absolute Gasteiger partial charge is 0.481 e. The van der Waals surface area contributed by atoms with E-state index in [0.29, 0.717) is 10.7 Å². The molecule has 2 amide bonds. The Morgan fingerprint density at radius 2 is 2.22 bits per heavy atom. The average Bonchev–Trinajstić information content (AvgIpc) is 2.97. The first-order valence-electron chi connectivity index (χ1n) is 6.67. The molecule has 2 rings (SSSR count). The molecule has 0 atom stereocenters. The third-order valence-electron chi connectivity index (χ3n) is 2.87. The van der Waals surface area contributed by atoms with Crippen LogP contribution in [0.25, 0.3) is 6.08 Å². The highest BCUT2D eigenvalue weighted by molar-refractivity contribution is 8.26. The molecule has 122 valence electrons. The first kappa shape index (κ1) is 17.2. The second-order valence-electron chi connectivity index (χ2n) is 4.71. The lowest BCUT2D eigenvalue weighted by Gasteiger charge is -2.13. The zero-order chi connectivity index (χ0) is 17.0. The maximum Gasteiger partial charge on any atom is 0.305 e. The average molecular weight is 354 g/mol. The van der Waals surface area contributed by atoms with Crippen LogP contribution >= 0.6 is 24.0 Å². The topological polar surface area (TPSA) is 99.9 Å². The van der Waals surface area contributed by atoms with Crippen molar-refractivity contribution in [1.29, 1.82) is 0 Å². The highest BCUT2D eigenvalue weighted by Crippen LogP contribution is 2.32. The highest BCUT2D eigenvalue weighted by Gasteiger charge is 2.33. The van der Waals surface area contributed by atoms with E-state index in [2.05, 4.69) is 5.32 Å². The number of carbonyl (C=O) groups is 3. The molecule has 9 heteroatoms. The Bertz CT molecular complexity index is 695. The molecular weight excluding hydrogens is 340 g/mol. The van der Waals surface area contributed by atoms with Gasteiger partial charge in [-0.1, -0.05) is 24.0 Å². The van der Waals surface area contributed by atoms with Gasteiger partial charge in [-0.3, -0.25) is 19.3 Å². The molecule has 1 aliphatic heterocycles. The van der Waals surface area contributed by atoms with Gasteiger partial charge in [-0.05, 0) is 19.1 Å². The third-order valence-corrected chi connectivity index (χ3v) is 4.25. The number of rotatable bonds is 6. The smallest absolute Gasteiger partial charge is 0.305 e. The van der Waals surface area contributed by atoms with Crippen LogP contribution in [-0.4, -0.2) is 45.2 Å². The van der Waals surface area contributed by atoms with Crippen molar-refractivity contribution in [2.75, 3.05) is 13.1 Å². The monoisotopic (exact) mass is 354 g/mol. The molecule has 0 aromatic carbocycles. The Hall–Kier alpha value is -2.13. The molecule has 0 unspecified atom stereocenters. The van der Waals surface area contributed by atoms with Gasteiger partial charge >= 0.3 is 5.97 Å². The molecule has 1 aromatic heterocycles. The van der Waals surface area contributed by atoms with Gasteiger partial charge in [-0.2, -0.15) is 0 Å². The summed E-state index contributed by atoms with van der Waals surface area (Å²) in [5, 5.41) is 10.9. The Labute approximate surface area is 141 Å². The molecule has 1 fully saturated rings. The van der Waals surface area contributed by atoms with Gasteiger partial charge in [0.15, 0.2) is 0 Å².